The summed E-state index contributed by atoms with van der Waals surface area (Å²) in [5, 5.41) is 0. The van der Waals surface area contributed by atoms with Gasteiger partial charge < -0.3 is 28.4 Å². The highest BCUT2D eigenvalue weighted by Crippen LogP contribution is 2.33. The molecule has 0 aliphatic carbocycles. The van der Waals surface area contributed by atoms with Gasteiger partial charge in [-0.1, -0.05) is 13.2 Å². The van der Waals surface area contributed by atoms with Crippen LogP contribution in [0.1, 0.15) is 29.8 Å². The predicted octanol–water partition coefficient (Wildman–Crippen LogP) is 4.01. The zero-order valence-electron chi connectivity index (χ0n) is 21.5. The van der Waals surface area contributed by atoms with Crippen molar-refractivity contribution >= 4 is 17.7 Å². The fourth-order valence-corrected chi connectivity index (χ4v) is 3.10. The summed E-state index contributed by atoms with van der Waals surface area (Å²) in [4.78, 5) is 37.5. The molecule has 2 aromatic carbocycles. The van der Waals surface area contributed by atoms with E-state index in [4.69, 9.17) is 28.4 Å². The van der Waals surface area contributed by atoms with Crippen molar-refractivity contribution in [2.75, 3.05) is 40.6 Å². The molecule has 0 saturated heterocycles. The summed E-state index contributed by atoms with van der Waals surface area (Å²) in [6, 6.07) is 13.0. The largest absolute Gasteiger partial charge is 0.497 e. The second-order valence-corrected chi connectivity index (χ2v) is 7.93. The number of hydrogen-bond acceptors (Lipinski definition) is 9. The van der Waals surface area contributed by atoms with E-state index in [0.29, 0.717) is 17.1 Å². The molecule has 0 spiro atoms. The third-order valence-electron chi connectivity index (χ3n) is 5.06. The van der Waals surface area contributed by atoms with E-state index in [9.17, 15) is 14.4 Å². The SMILES string of the molecule is C=C(C)C(=O)OCCOC(OCCOC(=O)C(=C)C)(C(=O)c1ccc(OC)cc1)c1ccc(OC)cc1. The Morgan fingerprint density at radius 2 is 1.08 bits per heavy atom. The number of methoxy groups -OCH3 is 2. The summed E-state index contributed by atoms with van der Waals surface area (Å²) in [6.45, 7) is 9.44. The standard InChI is InChI=1S/C28H32O9/c1-19(2)26(30)34-15-17-36-28(22-9-13-24(33-6)14-10-22,37-18-16-35-27(31)20(3)4)25(29)21-7-11-23(32-5)12-8-21/h7-14H,1,3,15-18H2,2,4-6H3. The van der Waals surface area contributed by atoms with Gasteiger partial charge in [0, 0.05) is 22.3 Å². The molecule has 0 fully saturated rings. The van der Waals surface area contributed by atoms with Gasteiger partial charge in [-0.05, 0) is 62.4 Å². The zero-order valence-corrected chi connectivity index (χ0v) is 21.5. The highest BCUT2D eigenvalue weighted by Gasteiger charge is 2.44. The molecule has 9 heteroatoms. The molecule has 0 aliphatic heterocycles. The lowest BCUT2D eigenvalue weighted by Gasteiger charge is -2.33. The second kappa shape index (κ2) is 14.0. The molecule has 0 aromatic heterocycles. The fraction of sp³-hybridized carbons (Fsp3) is 0.321. The summed E-state index contributed by atoms with van der Waals surface area (Å²) < 4.78 is 32.7. The summed E-state index contributed by atoms with van der Waals surface area (Å²) >= 11 is 0. The summed E-state index contributed by atoms with van der Waals surface area (Å²) in [5.74, 6) is -2.56. The van der Waals surface area contributed by atoms with E-state index in [-0.39, 0.29) is 43.1 Å². The van der Waals surface area contributed by atoms with E-state index in [1.807, 2.05) is 0 Å². The maximum absolute atomic E-state index is 13.9. The van der Waals surface area contributed by atoms with Gasteiger partial charge in [0.05, 0.1) is 27.4 Å². The van der Waals surface area contributed by atoms with Gasteiger partial charge >= 0.3 is 11.9 Å². The topological polar surface area (TPSA) is 107 Å². The molecule has 0 N–H and O–H groups in total. The van der Waals surface area contributed by atoms with E-state index in [2.05, 4.69) is 13.2 Å². The monoisotopic (exact) mass is 512 g/mol. The van der Waals surface area contributed by atoms with E-state index in [1.165, 1.54) is 28.1 Å². The van der Waals surface area contributed by atoms with Gasteiger partial charge in [-0.25, -0.2) is 9.59 Å². The van der Waals surface area contributed by atoms with E-state index < -0.39 is 23.5 Å². The molecule has 0 saturated carbocycles. The summed E-state index contributed by atoms with van der Waals surface area (Å²) in [6.07, 6.45) is 0. The fourth-order valence-electron chi connectivity index (χ4n) is 3.10. The smallest absolute Gasteiger partial charge is 0.333 e. The van der Waals surface area contributed by atoms with E-state index in [1.54, 1.807) is 48.5 Å². The first-order valence-corrected chi connectivity index (χ1v) is 11.4. The molecule has 2 aromatic rings. The Morgan fingerprint density at radius 1 is 0.676 bits per heavy atom. The van der Waals surface area contributed by atoms with Crippen molar-refractivity contribution in [3.8, 4) is 11.5 Å². The van der Waals surface area contributed by atoms with Crippen molar-refractivity contribution in [2.24, 2.45) is 0 Å². The first-order valence-electron chi connectivity index (χ1n) is 11.4. The van der Waals surface area contributed by atoms with Crippen LogP contribution in [0.15, 0.2) is 72.8 Å². The van der Waals surface area contributed by atoms with Gasteiger partial charge in [0.2, 0.25) is 5.78 Å². The lowest BCUT2D eigenvalue weighted by molar-refractivity contribution is -0.219. The molecule has 0 heterocycles. The third-order valence-corrected chi connectivity index (χ3v) is 5.06. The maximum Gasteiger partial charge on any atom is 0.333 e. The Labute approximate surface area is 216 Å². The minimum atomic E-state index is -1.97. The Morgan fingerprint density at radius 3 is 1.46 bits per heavy atom. The van der Waals surface area contributed by atoms with E-state index >= 15 is 0 Å². The Hall–Kier alpha value is -3.95. The van der Waals surface area contributed by atoms with Crippen LogP contribution < -0.4 is 9.47 Å². The van der Waals surface area contributed by atoms with Gasteiger partial charge in [-0.15, -0.1) is 0 Å². The van der Waals surface area contributed by atoms with Crippen molar-refractivity contribution in [2.45, 2.75) is 19.6 Å². The quantitative estimate of drug-likeness (QED) is 0.115. The number of benzene rings is 2. The Balaban J connectivity index is 2.43. The van der Waals surface area contributed by atoms with Gasteiger partial charge in [-0.2, -0.15) is 0 Å². The second-order valence-electron chi connectivity index (χ2n) is 7.93. The molecular formula is C28H32O9. The average Bonchev–Trinajstić information content (AvgIpc) is 2.91. The number of esters is 2. The maximum atomic E-state index is 13.9. The first-order chi connectivity index (χ1) is 17.6. The van der Waals surface area contributed by atoms with Crippen LogP contribution in [-0.2, 0) is 34.3 Å². The number of rotatable bonds is 15. The van der Waals surface area contributed by atoms with Crippen LogP contribution >= 0.6 is 0 Å². The number of Topliss-reactive ketones (excluding diaryl/α,β-unsaturated/α-hetero) is 1. The molecular weight excluding hydrogens is 480 g/mol. The number of carbonyl (C=O) groups excluding carboxylic acids is 3. The van der Waals surface area contributed by atoms with Crippen molar-refractivity contribution < 1.29 is 42.8 Å². The van der Waals surface area contributed by atoms with Crippen LogP contribution in [-0.4, -0.2) is 58.4 Å². The molecule has 198 valence electrons. The van der Waals surface area contributed by atoms with Crippen molar-refractivity contribution in [1.29, 1.82) is 0 Å². The number of ketones is 1. The van der Waals surface area contributed by atoms with Crippen molar-refractivity contribution in [3.05, 3.63) is 84.0 Å². The average molecular weight is 513 g/mol. The lowest BCUT2D eigenvalue weighted by Crippen LogP contribution is -2.43. The van der Waals surface area contributed by atoms with Crippen LogP contribution in [0.3, 0.4) is 0 Å². The molecule has 0 atom stereocenters. The predicted molar refractivity (Wildman–Crippen MR) is 135 cm³/mol. The van der Waals surface area contributed by atoms with Gasteiger partial charge in [0.25, 0.3) is 5.79 Å². The molecule has 0 unspecified atom stereocenters. The van der Waals surface area contributed by atoms with Gasteiger partial charge in [0.1, 0.15) is 24.7 Å². The molecule has 0 bridgehead atoms. The molecule has 0 amide bonds. The Bertz CT molecular complexity index is 1070. The molecule has 2 rings (SSSR count). The summed E-state index contributed by atoms with van der Waals surface area (Å²) in [5.41, 5.74) is 1.08. The minimum Gasteiger partial charge on any atom is -0.497 e. The van der Waals surface area contributed by atoms with Crippen LogP contribution in [0.25, 0.3) is 0 Å². The van der Waals surface area contributed by atoms with Crippen molar-refractivity contribution in [1.82, 2.24) is 0 Å². The van der Waals surface area contributed by atoms with Crippen LogP contribution in [0.5, 0.6) is 11.5 Å². The molecule has 0 radical (unpaired) electrons. The van der Waals surface area contributed by atoms with Crippen LogP contribution in [0.2, 0.25) is 0 Å². The molecule has 0 aliphatic rings. The van der Waals surface area contributed by atoms with Gasteiger partial charge in [0.15, 0.2) is 0 Å². The number of carbonyl (C=O) groups is 3. The minimum absolute atomic E-state index is 0.159. The summed E-state index contributed by atoms with van der Waals surface area (Å²) in [7, 11) is 3.03. The van der Waals surface area contributed by atoms with Crippen LogP contribution in [0, 0.1) is 0 Å². The van der Waals surface area contributed by atoms with Crippen molar-refractivity contribution in [3.63, 3.8) is 0 Å². The number of hydrogen-bond donors (Lipinski definition) is 0. The molecule has 9 nitrogen and oxygen atoms in total. The highest BCUT2D eigenvalue weighted by molar-refractivity contribution is 6.02. The Kier molecular flexibility index (Phi) is 11.0. The molecule has 37 heavy (non-hydrogen) atoms. The van der Waals surface area contributed by atoms with E-state index in [0.717, 1.165) is 0 Å². The first kappa shape index (κ1) is 29.3. The van der Waals surface area contributed by atoms with Gasteiger partial charge in [-0.3, -0.25) is 4.79 Å². The zero-order chi connectivity index (χ0) is 27.4. The number of ether oxygens (including phenoxy) is 6. The lowest BCUT2D eigenvalue weighted by atomic mass is 9.95. The highest BCUT2D eigenvalue weighted by atomic mass is 16.7. The normalized spacial score (nSPS) is 10.8. The van der Waals surface area contributed by atoms with Crippen LogP contribution in [0.4, 0.5) is 0 Å². The third kappa shape index (κ3) is 8.03.